The molecule has 0 spiro atoms. The summed E-state index contributed by atoms with van der Waals surface area (Å²) >= 11 is 5.79. The zero-order valence-corrected chi connectivity index (χ0v) is 12.0. The van der Waals surface area contributed by atoms with Crippen LogP contribution in [0.15, 0.2) is 24.3 Å². The van der Waals surface area contributed by atoms with Gasteiger partial charge in [-0.1, -0.05) is 24.3 Å². The van der Waals surface area contributed by atoms with E-state index in [0.717, 1.165) is 30.4 Å². The molecule has 0 bridgehead atoms. The number of halogens is 1. The van der Waals surface area contributed by atoms with Crippen molar-refractivity contribution in [1.29, 1.82) is 0 Å². The quantitative estimate of drug-likeness (QED) is 0.814. The topological polar surface area (TPSA) is 38.3 Å². The predicted octanol–water partition coefficient (Wildman–Crippen LogP) is 3.00. The molecule has 0 radical (unpaired) electrons. The molecule has 4 heteroatoms. The van der Waals surface area contributed by atoms with Gasteiger partial charge in [0.05, 0.1) is 12.0 Å². The minimum Gasteiger partial charge on any atom is -0.378 e. The van der Waals surface area contributed by atoms with Gasteiger partial charge in [0.25, 0.3) is 0 Å². The number of ether oxygens (including phenoxy) is 1. The number of carbonyl (C=O) groups is 1. The van der Waals surface area contributed by atoms with Crippen LogP contribution in [0, 0.1) is 0 Å². The molecule has 0 aliphatic heterocycles. The standard InChI is InChI=1S/C15H20ClNO2/c1-19-15(6-3-7-15)9-14(18)17-11-13-5-2-4-12(8-13)10-16/h2,4-5,8H,3,6-7,9-11H2,1H3,(H,17,18). The second kappa shape index (κ2) is 6.40. The summed E-state index contributed by atoms with van der Waals surface area (Å²) in [5.41, 5.74) is 1.94. The number of methoxy groups -OCH3 is 1. The van der Waals surface area contributed by atoms with E-state index < -0.39 is 0 Å². The second-order valence-electron chi connectivity index (χ2n) is 5.15. The molecule has 1 fully saturated rings. The minimum atomic E-state index is -0.206. The van der Waals surface area contributed by atoms with E-state index in [1.54, 1.807) is 7.11 Å². The maximum absolute atomic E-state index is 11.9. The summed E-state index contributed by atoms with van der Waals surface area (Å²) in [6, 6.07) is 7.95. The molecule has 1 N–H and O–H groups in total. The van der Waals surface area contributed by atoms with Crippen molar-refractivity contribution >= 4 is 17.5 Å². The Morgan fingerprint density at radius 1 is 1.42 bits per heavy atom. The molecule has 1 aromatic rings. The van der Waals surface area contributed by atoms with Gasteiger partial charge in [0.2, 0.25) is 5.91 Å². The van der Waals surface area contributed by atoms with Gasteiger partial charge in [0, 0.05) is 19.5 Å². The number of rotatable bonds is 6. The molecule has 1 amide bonds. The lowest BCUT2D eigenvalue weighted by atomic mass is 9.77. The third-order valence-corrected chi connectivity index (χ3v) is 4.12. The summed E-state index contributed by atoms with van der Waals surface area (Å²) < 4.78 is 5.45. The van der Waals surface area contributed by atoms with Crippen LogP contribution in [0.25, 0.3) is 0 Å². The van der Waals surface area contributed by atoms with E-state index in [0.29, 0.717) is 18.8 Å². The number of carbonyl (C=O) groups excluding carboxylic acids is 1. The largest absolute Gasteiger partial charge is 0.378 e. The first-order valence-electron chi connectivity index (χ1n) is 6.63. The molecule has 1 saturated carbocycles. The molecule has 1 aromatic carbocycles. The van der Waals surface area contributed by atoms with Crippen molar-refractivity contribution in [1.82, 2.24) is 5.32 Å². The van der Waals surface area contributed by atoms with Gasteiger partial charge >= 0.3 is 0 Å². The van der Waals surface area contributed by atoms with Gasteiger partial charge in [-0.2, -0.15) is 0 Å². The van der Waals surface area contributed by atoms with Crippen molar-refractivity contribution in [3.63, 3.8) is 0 Å². The highest BCUT2D eigenvalue weighted by atomic mass is 35.5. The van der Waals surface area contributed by atoms with Crippen molar-refractivity contribution in [2.45, 2.75) is 43.7 Å². The van der Waals surface area contributed by atoms with Crippen LogP contribution in [0.1, 0.15) is 36.8 Å². The normalized spacial score (nSPS) is 16.7. The van der Waals surface area contributed by atoms with Crippen molar-refractivity contribution in [3.8, 4) is 0 Å². The van der Waals surface area contributed by atoms with Crippen LogP contribution in [0.2, 0.25) is 0 Å². The molecule has 3 nitrogen and oxygen atoms in total. The lowest BCUT2D eigenvalue weighted by Crippen LogP contribution is -2.43. The SMILES string of the molecule is COC1(CC(=O)NCc2cccc(CCl)c2)CCC1. The fourth-order valence-corrected chi connectivity index (χ4v) is 2.57. The number of benzene rings is 1. The third kappa shape index (κ3) is 3.71. The smallest absolute Gasteiger partial charge is 0.223 e. The van der Waals surface area contributed by atoms with E-state index in [4.69, 9.17) is 16.3 Å². The molecule has 0 atom stereocenters. The molecule has 19 heavy (non-hydrogen) atoms. The zero-order valence-electron chi connectivity index (χ0n) is 11.2. The molecule has 0 unspecified atom stereocenters. The Labute approximate surface area is 119 Å². The number of nitrogens with one attached hydrogen (secondary N) is 1. The van der Waals surface area contributed by atoms with Crippen LogP contribution in [-0.4, -0.2) is 18.6 Å². The fourth-order valence-electron chi connectivity index (χ4n) is 2.40. The molecular weight excluding hydrogens is 262 g/mol. The lowest BCUT2D eigenvalue weighted by Gasteiger charge is -2.39. The van der Waals surface area contributed by atoms with E-state index in [1.807, 2.05) is 24.3 Å². The van der Waals surface area contributed by atoms with E-state index in [-0.39, 0.29) is 11.5 Å². The third-order valence-electron chi connectivity index (χ3n) is 3.82. The summed E-state index contributed by atoms with van der Waals surface area (Å²) in [6.45, 7) is 0.545. The number of hydrogen-bond donors (Lipinski definition) is 1. The summed E-state index contributed by atoms with van der Waals surface area (Å²) in [5.74, 6) is 0.548. The van der Waals surface area contributed by atoms with Crippen LogP contribution in [0.4, 0.5) is 0 Å². The average molecular weight is 282 g/mol. The molecular formula is C15H20ClNO2. The van der Waals surface area contributed by atoms with Gasteiger partial charge in [-0.05, 0) is 30.4 Å². The highest BCUT2D eigenvalue weighted by Gasteiger charge is 2.38. The van der Waals surface area contributed by atoms with Crippen molar-refractivity contribution < 1.29 is 9.53 Å². The summed E-state index contributed by atoms with van der Waals surface area (Å²) in [7, 11) is 1.69. The van der Waals surface area contributed by atoms with Crippen LogP contribution in [0.5, 0.6) is 0 Å². The summed E-state index contributed by atoms with van der Waals surface area (Å²) in [6.07, 6.45) is 3.58. The Balaban J connectivity index is 1.82. The average Bonchev–Trinajstić information content (AvgIpc) is 2.41. The Morgan fingerprint density at radius 3 is 2.74 bits per heavy atom. The summed E-state index contributed by atoms with van der Waals surface area (Å²) in [5, 5.41) is 2.95. The van der Waals surface area contributed by atoms with Gasteiger partial charge in [0.15, 0.2) is 0 Å². The molecule has 0 saturated heterocycles. The van der Waals surface area contributed by atoms with Crippen molar-refractivity contribution in [2.75, 3.05) is 7.11 Å². The first-order valence-corrected chi connectivity index (χ1v) is 7.16. The van der Waals surface area contributed by atoms with Gasteiger partial charge in [-0.25, -0.2) is 0 Å². The Bertz CT molecular complexity index is 438. The van der Waals surface area contributed by atoms with E-state index >= 15 is 0 Å². The van der Waals surface area contributed by atoms with E-state index in [9.17, 15) is 4.79 Å². The summed E-state index contributed by atoms with van der Waals surface area (Å²) in [4.78, 5) is 11.9. The highest BCUT2D eigenvalue weighted by molar-refractivity contribution is 6.17. The lowest BCUT2D eigenvalue weighted by molar-refractivity contribution is -0.134. The van der Waals surface area contributed by atoms with Crippen molar-refractivity contribution in [2.24, 2.45) is 0 Å². The van der Waals surface area contributed by atoms with Gasteiger partial charge in [-0.15, -0.1) is 11.6 Å². The Hall–Kier alpha value is -1.06. The fraction of sp³-hybridized carbons (Fsp3) is 0.533. The first kappa shape index (κ1) is 14.4. The van der Waals surface area contributed by atoms with Crippen LogP contribution < -0.4 is 5.32 Å². The predicted molar refractivity (Wildman–Crippen MR) is 76.1 cm³/mol. The van der Waals surface area contributed by atoms with E-state index in [1.165, 1.54) is 0 Å². The van der Waals surface area contributed by atoms with Crippen molar-refractivity contribution in [3.05, 3.63) is 35.4 Å². The molecule has 104 valence electrons. The molecule has 0 aromatic heterocycles. The minimum absolute atomic E-state index is 0.0535. The highest BCUT2D eigenvalue weighted by Crippen LogP contribution is 2.37. The first-order chi connectivity index (χ1) is 9.17. The van der Waals surface area contributed by atoms with Gasteiger partial charge in [-0.3, -0.25) is 4.79 Å². The Kier molecular flexibility index (Phi) is 4.83. The molecule has 0 heterocycles. The zero-order chi connectivity index (χ0) is 13.7. The second-order valence-corrected chi connectivity index (χ2v) is 5.42. The van der Waals surface area contributed by atoms with E-state index in [2.05, 4.69) is 5.32 Å². The number of alkyl halides is 1. The molecule has 2 rings (SSSR count). The number of hydrogen-bond acceptors (Lipinski definition) is 2. The molecule has 1 aliphatic rings. The Morgan fingerprint density at radius 2 is 2.16 bits per heavy atom. The monoisotopic (exact) mass is 281 g/mol. The van der Waals surface area contributed by atoms with Crippen LogP contribution in [-0.2, 0) is 22.0 Å². The number of amides is 1. The van der Waals surface area contributed by atoms with Crippen LogP contribution in [0.3, 0.4) is 0 Å². The molecule has 1 aliphatic carbocycles. The van der Waals surface area contributed by atoms with Gasteiger partial charge < -0.3 is 10.1 Å². The van der Waals surface area contributed by atoms with Crippen LogP contribution >= 0.6 is 11.6 Å². The maximum atomic E-state index is 11.9. The van der Waals surface area contributed by atoms with Gasteiger partial charge in [0.1, 0.15) is 0 Å². The maximum Gasteiger partial charge on any atom is 0.223 e.